The fourth-order valence-electron chi connectivity index (χ4n) is 2.01. The van der Waals surface area contributed by atoms with Crippen LogP contribution in [-0.4, -0.2) is 7.11 Å². The molecular formula is C14H18N2OS. The first kappa shape index (κ1) is 13.1. The van der Waals surface area contributed by atoms with Crippen LogP contribution >= 0.6 is 11.3 Å². The lowest BCUT2D eigenvalue weighted by molar-refractivity contribution is 0.414. The number of benzene rings is 1. The van der Waals surface area contributed by atoms with Crippen LogP contribution in [0.3, 0.4) is 0 Å². The molecule has 2 rings (SSSR count). The summed E-state index contributed by atoms with van der Waals surface area (Å²) < 4.78 is 5.15. The molecule has 3 N–H and O–H groups in total. The zero-order chi connectivity index (χ0) is 13.0. The Labute approximate surface area is 112 Å². The maximum atomic E-state index is 5.67. The molecule has 0 fully saturated rings. The smallest absolute Gasteiger partial charge is 0.118 e. The molecule has 1 aromatic heterocycles. The fourth-order valence-corrected chi connectivity index (χ4v) is 2.78. The van der Waals surface area contributed by atoms with Gasteiger partial charge in [0.05, 0.1) is 13.2 Å². The number of rotatable bonds is 5. The number of hydrogen-bond donors (Lipinski definition) is 2. The van der Waals surface area contributed by atoms with Gasteiger partial charge in [0.15, 0.2) is 0 Å². The number of hydrazine groups is 1. The van der Waals surface area contributed by atoms with Crippen LogP contribution in [0.5, 0.6) is 5.75 Å². The summed E-state index contributed by atoms with van der Waals surface area (Å²) in [6, 6.07) is 10.4. The summed E-state index contributed by atoms with van der Waals surface area (Å²) in [6.07, 6.45) is 0.873. The van der Waals surface area contributed by atoms with Crippen LogP contribution in [0.1, 0.15) is 22.0 Å². The van der Waals surface area contributed by atoms with Gasteiger partial charge < -0.3 is 4.74 Å². The third kappa shape index (κ3) is 2.90. The van der Waals surface area contributed by atoms with Crippen LogP contribution in [-0.2, 0) is 6.42 Å². The Morgan fingerprint density at radius 2 is 2.00 bits per heavy atom. The largest absolute Gasteiger partial charge is 0.497 e. The summed E-state index contributed by atoms with van der Waals surface area (Å²) in [5.41, 5.74) is 5.41. The predicted molar refractivity (Wildman–Crippen MR) is 75.8 cm³/mol. The summed E-state index contributed by atoms with van der Waals surface area (Å²) in [4.78, 5) is 1.31. The first-order valence-corrected chi connectivity index (χ1v) is 6.75. The van der Waals surface area contributed by atoms with Crippen molar-refractivity contribution in [2.75, 3.05) is 7.11 Å². The molecule has 1 aromatic carbocycles. The number of nitrogens with one attached hydrogen (secondary N) is 1. The van der Waals surface area contributed by atoms with Crippen LogP contribution < -0.4 is 16.0 Å². The summed E-state index contributed by atoms with van der Waals surface area (Å²) in [5, 5.41) is 2.10. The maximum Gasteiger partial charge on any atom is 0.118 e. The number of ether oxygens (including phenoxy) is 1. The van der Waals surface area contributed by atoms with E-state index in [-0.39, 0.29) is 6.04 Å². The van der Waals surface area contributed by atoms with Crippen LogP contribution in [0.4, 0.5) is 0 Å². The van der Waals surface area contributed by atoms with Gasteiger partial charge in [-0.2, -0.15) is 0 Å². The Morgan fingerprint density at radius 1 is 1.28 bits per heavy atom. The summed E-state index contributed by atoms with van der Waals surface area (Å²) in [6.45, 7) is 2.12. The Morgan fingerprint density at radius 3 is 2.50 bits per heavy atom. The quantitative estimate of drug-likeness (QED) is 0.643. The highest BCUT2D eigenvalue weighted by molar-refractivity contribution is 7.10. The van der Waals surface area contributed by atoms with Gasteiger partial charge in [-0.05, 0) is 48.1 Å². The van der Waals surface area contributed by atoms with Crippen LogP contribution in [0.25, 0.3) is 0 Å². The topological polar surface area (TPSA) is 47.3 Å². The average molecular weight is 262 g/mol. The molecule has 2 aromatic rings. The summed E-state index contributed by atoms with van der Waals surface area (Å²) in [7, 11) is 1.67. The van der Waals surface area contributed by atoms with E-state index >= 15 is 0 Å². The van der Waals surface area contributed by atoms with Crippen molar-refractivity contribution >= 4 is 11.3 Å². The van der Waals surface area contributed by atoms with E-state index in [4.69, 9.17) is 10.6 Å². The summed E-state index contributed by atoms with van der Waals surface area (Å²) in [5.74, 6) is 6.54. The number of methoxy groups -OCH3 is 1. The van der Waals surface area contributed by atoms with Crippen molar-refractivity contribution in [1.82, 2.24) is 5.43 Å². The zero-order valence-corrected chi connectivity index (χ0v) is 11.5. The van der Waals surface area contributed by atoms with Gasteiger partial charge in [0.25, 0.3) is 0 Å². The van der Waals surface area contributed by atoms with E-state index in [0.29, 0.717) is 0 Å². The minimum atomic E-state index is 0.157. The monoisotopic (exact) mass is 262 g/mol. The van der Waals surface area contributed by atoms with Gasteiger partial charge in [-0.3, -0.25) is 11.3 Å². The molecular weight excluding hydrogens is 244 g/mol. The fraction of sp³-hybridized carbons (Fsp3) is 0.286. The molecule has 0 aliphatic heterocycles. The standard InChI is InChI=1S/C14H18N2OS/c1-10-13(7-8-18-10)14(16-15)9-11-3-5-12(17-2)6-4-11/h3-8,14,16H,9,15H2,1-2H3. The van der Waals surface area contributed by atoms with Gasteiger partial charge in [-0.25, -0.2) is 0 Å². The highest BCUT2D eigenvalue weighted by Gasteiger charge is 2.13. The van der Waals surface area contributed by atoms with Gasteiger partial charge in [0, 0.05) is 4.88 Å². The molecule has 0 aliphatic carbocycles. The van der Waals surface area contributed by atoms with Crippen LogP contribution in [0.2, 0.25) is 0 Å². The van der Waals surface area contributed by atoms with E-state index in [1.165, 1.54) is 16.0 Å². The second-order valence-corrected chi connectivity index (χ2v) is 5.32. The molecule has 0 radical (unpaired) electrons. The molecule has 0 amide bonds. The Bertz CT molecular complexity index is 493. The highest BCUT2D eigenvalue weighted by atomic mass is 32.1. The lowest BCUT2D eigenvalue weighted by Crippen LogP contribution is -2.29. The van der Waals surface area contributed by atoms with Gasteiger partial charge in [0.2, 0.25) is 0 Å². The number of thiophene rings is 1. The highest BCUT2D eigenvalue weighted by Crippen LogP contribution is 2.25. The molecule has 18 heavy (non-hydrogen) atoms. The minimum absolute atomic E-state index is 0.157. The van der Waals surface area contributed by atoms with Crippen molar-refractivity contribution in [2.45, 2.75) is 19.4 Å². The van der Waals surface area contributed by atoms with E-state index in [0.717, 1.165) is 12.2 Å². The van der Waals surface area contributed by atoms with E-state index in [1.54, 1.807) is 18.4 Å². The zero-order valence-electron chi connectivity index (χ0n) is 10.6. The van der Waals surface area contributed by atoms with Crippen molar-refractivity contribution in [1.29, 1.82) is 0 Å². The lowest BCUT2D eigenvalue weighted by Gasteiger charge is -2.16. The van der Waals surface area contributed by atoms with Crippen molar-refractivity contribution < 1.29 is 4.74 Å². The molecule has 0 bridgehead atoms. The average Bonchev–Trinajstić information content (AvgIpc) is 2.83. The van der Waals surface area contributed by atoms with Crippen LogP contribution in [0.15, 0.2) is 35.7 Å². The van der Waals surface area contributed by atoms with Gasteiger partial charge >= 0.3 is 0 Å². The first-order valence-electron chi connectivity index (χ1n) is 5.87. The molecule has 0 spiro atoms. The van der Waals surface area contributed by atoms with E-state index in [2.05, 4.69) is 35.9 Å². The number of nitrogens with two attached hydrogens (primary N) is 1. The molecule has 0 saturated heterocycles. The van der Waals surface area contributed by atoms with Crippen molar-refractivity contribution in [3.63, 3.8) is 0 Å². The molecule has 1 unspecified atom stereocenters. The van der Waals surface area contributed by atoms with Crippen molar-refractivity contribution in [2.24, 2.45) is 5.84 Å². The maximum absolute atomic E-state index is 5.67. The number of hydrogen-bond acceptors (Lipinski definition) is 4. The van der Waals surface area contributed by atoms with Gasteiger partial charge in [0.1, 0.15) is 5.75 Å². The molecule has 0 aliphatic rings. The van der Waals surface area contributed by atoms with Crippen molar-refractivity contribution in [3.8, 4) is 5.75 Å². The first-order chi connectivity index (χ1) is 8.74. The molecule has 96 valence electrons. The van der Waals surface area contributed by atoms with E-state index in [1.807, 2.05) is 12.1 Å². The lowest BCUT2D eigenvalue weighted by atomic mass is 10.00. The minimum Gasteiger partial charge on any atom is -0.497 e. The second kappa shape index (κ2) is 6.00. The SMILES string of the molecule is COc1ccc(CC(NN)c2ccsc2C)cc1. The Kier molecular flexibility index (Phi) is 4.36. The molecule has 1 atom stereocenters. The molecule has 3 nitrogen and oxygen atoms in total. The van der Waals surface area contributed by atoms with Gasteiger partial charge in [-0.15, -0.1) is 11.3 Å². The molecule has 1 heterocycles. The molecule has 4 heteroatoms. The van der Waals surface area contributed by atoms with Crippen LogP contribution in [0, 0.1) is 6.92 Å². The third-order valence-corrected chi connectivity index (χ3v) is 3.94. The Balaban J connectivity index is 2.13. The predicted octanol–water partition coefficient (Wildman–Crippen LogP) is 2.81. The van der Waals surface area contributed by atoms with Gasteiger partial charge in [-0.1, -0.05) is 12.1 Å². The Hall–Kier alpha value is -1.36. The molecule has 0 saturated carbocycles. The van der Waals surface area contributed by atoms with E-state index in [9.17, 15) is 0 Å². The van der Waals surface area contributed by atoms with E-state index < -0.39 is 0 Å². The third-order valence-electron chi connectivity index (χ3n) is 3.07. The summed E-state index contributed by atoms with van der Waals surface area (Å²) >= 11 is 1.75. The normalized spacial score (nSPS) is 12.4. The van der Waals surface area contributed by atoms with Crippen molar-refractivity contribution in [3.05, 3.63) is 51.7 Å². The second-order valence-electron chi connectivity index (χ2n) is 4.20. The number of aryl methyl sites for hydroxylation is 1.